The Morgan fingerprint density at radius 3 is 2.36 bits per heavy atom. The number of nitrogens with zero attached hydrogens (tertiary/aromatic N) is 5. The third-order valence-corrected chi connectivity index (χ3v) is 6.04. The number of pyridine rings is 1. The standard InChI is InChI=1S/C22H24N6O.C2HF3O2/c1-13-8-17(16-4-6-23-7-5-16)12-27-21(29)10-18(25-22(13)27)19-9-20-15(3)24-14(2)11-28(20)26-19;3-2(4,5)1(6)7/h8-12,16,23H,4-7H2,1-3H3;(H,6,7). The lowest BCUT2D eigenvalue weighted by atomic mass is 9.90. The number of carboxylic acids is 1. The molecule has 1 aliphatic heterocycles. The number of hydrogen-bond donors (Lipinski definition) is 2. The van der Waals surface area contributed by atoms with Gasteiger partial charge in [-0.3, -0.25) is 14.2 Å². The molecule has 0 aromatic carbocycles. The van der Waals surface area contributed by atoms with E-state index in [4.69, 9.17) is 14.9 Å². The van der Waals surface area contributed by atoms with Gasteiger partial charge in [0, 0.05) is 12.3 Å². The molecule has 0 aliphatic carbocycles. The van der Waals surface area contributed by atoms with Gasteiger partial charge in [0.15, 0.2) is 0 Å². The maximum Gasteiger partial charge on any atom is 0.490 e. The average Bonchev–Trinajstić information content (AvgIpc) is 3.24. The maximum absolute atomic E-state index is 13.0. The fraction of sp³-hybridized carbons (Fsp3) is 0.375. The third-order valence-electron chi connectivity index (χ3n) is 6.04. The van der Waals surface area contributed by atoms with Crippen LogP contribution in [0.4, 0.5) is 13.2 Å². The second kappa shape index (κ2) is 9.69. The van der Waals surface area contributed by atoms with Crippen LogP contribution in [-0.4, -0.2) is 54.3 Å². The number of carbonyl (C=O) groups is 1. The SMILES string of the molecule is Cc1cn2nc(-c3cc(=O)n4cc(C5CCNCC5)cc(C)c4n3)cc2c(C)n1.O=C(O)C(F)(F)F. The molecule has 0 amide bonds. The van der Waals surface area contributed by atoms with Gasteiger partial charge in [0.2, 0.25) is 0 Å². The molecule has 1 aliphatic rings. The maximum atomic E-state index is 13.0. The predicted octanol–water partition coefficient (Wildman–Crippen LogP) is 3.43. The fourth-order valence-corrected chi connectivity index (χ4v) is 4.32. The summed E-state index contributed by atoms with van der Waals surface area (Å²) < 4.78 is 35.2. The molecule has 2 N–H and O–H groups in total. The van der Waals surface area contributed by atoms with Gasteiger partial charge >= 0.3 is 12.1 Å². The van der Waals surface area contributed by atoms with Crippen molar-refractivity contribution < 1.29 is 23.1 Å². The number of alkyl halides is 3. The predicted molar refractivity (Wildman–Crippen MR) is 126 cm³/mol. The lowest BCUT2D eigenvalue weighted by Crippen LogP contribution is -2.27. The van der Waals surface area contributed by atoms with E-state index in [2.05, 4.69) is 21.5 Å². The van der Waals surface area contributed by atoms with Crippen molar-refractivity contribution in [2.45, 2.75) is 45.7 Å². The zero-order chi connectivity index (χ0) is 26.2. The van der Waals surface area contributed by atoms with E-state index in [1.54, 1.807) is 10.5 Å². The highest BCUT2D eigenvalue weighted by Gasteiger charge is 2.38. The summed E-state index contributed by atoms with van der Waals surface area (Å²) in [6.45, 7) is 7.98. The number of carboxylic acid groups (broad SMARTS) is 1. The normalized spacial score (nSPS) is 14.6. The van der Waals surface area contributed by atoms with Gasteiger partial charge in [0.25, 0.3) is 5.56 Å². The molecule has 0 radical (unpaired) electrons. The smallest absolute Gasteiger partial charge is 0.475 e. The van der Waals surface area contributed by atoms with E-state index in [1.807, 2.05) is 43.7 Å². The number of piperidine rings is 1. The number of nitrogens with one attached hydrogen (secondary N) is 1. The van der Waals surface area contributed by atoms with E-state index >= 15 is 0 Å². The third kappa shape index (κ3) is 5.23. The number of fused-ring (bicyclic) bond motifs is 2. The van der Waals surface area contributed by atoms with Gasteiger partial charge < -0.3 is 10.4 Å². The zero-order valence-corrected chi connectivity index (χ0v) is 19.9. The number of aliphatic carboxylic acids is 1. The van der Waals surface area contributed by atoms with Gasteiger partial charge in [-0.15, -0.1) is 0 Å². The largest absolute Gasteiger partial charge is 0.490 e. The Hall–Kier alpha value is -3.80. The van der Waals surface area contributed by atoms with Crippen LogP contribution in [0.1, 0.15) is 41.3 Å². The highest BCUT2D eigenvalue weighted by Crippen LogP contribution is 2.27. The quantitative estimate of drug-likeness (QED) is 0.432. The summed E-state index contributed by atoms with van der Waals surface area (Å²) in [5.74, 6) is -2.27. The molecule has 4 aromatic heterocycles. The summed E-state index contributed by atoms with van der Waals surface area (Å²) in [6.07, 6.45) is 0.966. The van der Waals surface area contributed by atoms with E-state index in [0.29, 0.717) is 23.0 Å². The molecular formula is C24H25F3N6O3. The van der Waals surface area contributed by atoms with Crippen LogP contribution in [0.5, 0.6) is 0 Å². The Morgan fingerprint density at radius 2 is 1.72 bits per heavy atom. The van der Waals surface area contributed by atoms with E-state index in [0.717, 1.165) is 48.4 Å². The summed E-state index contributed by atoms with van der Waals surface area (Å²) in [5, 5.41) is 15.2. The molecule has 0 unspecified atom stereocenters. The van der Waals surface area contributed by atoms with Gasteiger partial charge in [-0.25, -0.2) is 14.3 Å². The summed E-state index contributed by atoms with van der Waals surface area (Å²) in [5.41, 5.74) is 6.85. The minimum atomic E-state index is -5.08. The van der Waals surface area contributed by atoms with E-state index < -0.39 is 12.1 Å². The topological polar surface area (TPSA) is 114 Å². The minimum absolute atomic E-state index is 0.0769. The molecule has 1 fully saturated rings. The molecule has 9 nitrogen and oxygen atoms in total. The summed E-state index contributed by atoms with van der Waals surface area (Å²) in [7, 11) is 0. The summed E-state index contributed by atoms with van der Waals surface area (Å²) >= 11 is 0. The Labute approximate surface area is 203 Å². The summed E-state index contributed by atoms with van der Waals surface area (Å²) in [6, 6.07) is 5.71. The monoisotopic (exact) mass is 502 g/mol. The van der Waals surface area contributed by atoms with Crippen molar-refractivity contribution >= 4 is 17.1 Å². The second-order valence-corrected chi connectivity index (χ2v) is 8.78. The van der Waals surface area contributed by atoms with Gasteiger partial charge in [0.05, 0.1) is 28.8 Å². The fourth-order valence-electron chi connectivity index (χ4n) is 4.32. The van der Waals surface area contributed by atoms with E-state index in [-0.39, 0.29) is 5.56 Å². The minimum Gasteiger partial charge on any atom is -0.475 e. The molecule has 12 heteroatoms. The molecule has 0 saturated carbocycles. The second-order valence-electron chi connectivity index (χ2n) is 8.78. The van der Waals surface area contributed by atoms with Crippen LogP contribution in [0.3, 0.4) is 0 Å². The molecule has 36 heavy (non-hydrogen) atoms. The van der Waals surface area contributed by atoms with Crippen LogP contribution in [0, 0.1) is 20.8 Å². The van der Waals surface area contributed by atoms with Crippen molar-refractivity contribution in [1.82, 2.24) is 29.3 Å². The van der Waals surface area contributed by atoms with Crippen molar-refractivity contribution in [2.75, 3.05) is 13.1 Å². The van der Waals surface area contributed by atoms with Gasteiger partial charge in [-0.2, -0.15) is 18.3 Å². The summed E-state index contributed by atoms with van der Waals surface area (Å²) in [4.78, 5) is 31.1. The molecule has 1 saturated heterocycles. The van der Waals surface area contributed by atoms with Gasteiger partial charge in [-0.05, 0) is 69.8 Å². The Balaban J connectivity index is 0.000000384. The first-order valence-electron chi connectivity index (χ1n) is 11.3. The Morgan fingerprint density at radius 1 is 1.06 bits per heavy atom. The lowest BCUT2D eigenvalue weighted by molar-refractivity contribution is -0.192. The highest BCUT2D eigenvalue weighted by molar-refractivity contribution is 5.73. The van der Waals surface area contributed by atoms with Crippen molar-refractivity contribution in [1.29, 1.82) is 0 Å². The van der Waals surface area contributed by atoms with E-state index in [9.17, 15) is 18.0 Å². The molecule has 5 rings (SSSR count). The van der Waals surface area contributed by atoms with Crippen molar-refractivity contribution in [3.05, 3.63) is 63.5 Å². The van der Waals surface area contributed by atoms with E-state index in [1.165, 1.54) is 5.56 Å². The Bertz CT molecular complexity index is 1500. The molecule has 190 valence electrons. The highest BCUT2D eigenvalue weighted by atomic mass is 19.4. The molecule has 4 aromatic rings. The van der Waals surface area contributed by atoms with Crippen molar-refractivity contribution in [3.63, 3.8) is 0 Å². The number of hydrogen-bond acceptors (Lipinski definition) is 6. The number of rotatable bonds is 2. The molecule has 5 heterocycles. The first kappa shape index (κ1) is 25.3. The molecule has 0 atom stereocenters. The van der Waals surface area contributed by atoms with Crippen LogP contribution in [-0.2, 0) is 4.79 Å². The molecule has 0 spiro atoms. The van der Waals surface area contributed by atoms with Crippen LogP contribution >= 0.6 is 0 Å². The Kier molecular flexibility index (Phi) is 6.81. The average molecular weight is 502 g/mol. The van der Waals surface area contributed by atoms with Gasteiger partial charge in [0.1, 0.15) is 11.3 Å². The van der Waals surface area contributed by atoms with Crippen molar-refractivity contribution in [2.24, 2.45) is 0 Å². The number of aromatic nitrogens is 5. The molecular weight excluding hydrogens is 477 g/mol. The number of halogens is 3. The number of aryl methyl sites for hydroxylation is 3. The van der Waals surface area contributed by atoms with Crippen LogP contribution in [0.2, 0.25) is 0 Å². The van der Waals surface area contributed by atoms with Crippen LogP contribution < -0.4 is 10.9 Å². The van der Waals surface area contributed by atoms with Crippen molar-refractivity contribution in [3.8, 4) is 11.4 Å². The zero-order valence-electron chi connectivity index (χ0n) is 19.9. The lowest BCUT2D eigenvalue weighted by Gasteiger charge is -2.23. The van der Waals surface area contributed by atoms with Crippen LogP contribution in [0.25, 0.3) is 22.6 Å². The first-order valence-corrected chi connectivity index (χ1v) is 11.3. The van der Waals surface area contributed by atoms with Gasteiger partial charge in [-0.1, -0.05) is 6.07 Å². The molecule has 0 bridgehead atoms. The van der Waals surface area contributed by atoms with Crippen LogP contribution in [0.15, 0.2) is 35.4 Å². The first-order chi connectivity index (χ1) is 16.9.